The summed E-state index contributed by atoms with van der Waals surface area (Å²) in [6.45, 7) is 2.75. The number of nitrogens with one attached hydrogen (secondary N) is 2. The second-order valence-corrected chi connectivity index (χ2v) is 7.81. The van der Waals surface area contributed by atoms with Gasteiger partial charge in [0, 0.05) is 29.2 Å². The maximum Gasteiger partial charge on any atom is 0.211 e. The van der Waals surface area contributed by atoms with E-state index in [9.17, 15) is 4.79 Å². The summed E-state index contributed by atoms with van der Waals surface area (Å²) in [5.74, 6) is 0. The van der Waals surface area contributed by atoms with Crippen molar-refractivity contribution in [1.82, 2.24) is 15.5 Å². The van der Waals surface area contributed by atoms with E-state index in [1.54, 1.807) is 6.20 Å². The molecule has 1 heterocycles. The lowest BCUT2D eigenvalue weighted by Gasteiger charge is -2.18. The van der Waals surface area contributed by atoms with E-state index < -0.39 is 0 Å². The molecule has 0 bridgehead atoms. The van der Waals surface area contributed by atoms with Gasteiger partial charge in [-0.25, -0.2) is 0 Å². The van der Waals surface area contributed by atoms with Crippen LogP contribution >= 0.6 is 0 Å². The minimum absolute atomic E-state index is 0.630. The maximum absolute atomic E-state index is 11.1. The number of aromatic nitrogens is 2. The molecule has 4 rings (SSSR count). The lowest BCUT2D eigenvalue weighted by Crippen LogP contribution is -2.05. The molecule has 3 aromatic carbocycles. The number of nitrogens with zero attached hydrogens (tertiary/aromatic N) is 1. The molecule has 0 aliphatic carbocycles. The van der Waals surface area contributed by atoms with Crippen molar-refractivity contribution in [3.63, 3.8) is 0 Å². The molecule has 0 spiro atoms. The van der Waals surface area contributed by atoms with Crippen LogP contribution < -0.4 is 16.8 Å². The maximum atomic E-state index is 11.1. The van der Waals surface area contributed by atoms with Gasteiger partial charge in [0.2, 0.25) is 6.41 Å². The first-order chi connectivity index (χ1) is 15.6. The fourth-order valence-electron chi connectivity index (χ4n) is 4.10. The molecule has 0 aliphatic rings. The number of fused-ring (bicyclic) bond motifs is 1. The van der Waals surface area contributed by atoms with E-state index in [1.807, 2.05) is 36.7 Å². The van der Waals surface area contributed by atoms with Crippen molar-refractivity contribution in [2.45, 2.75) is 19.8 Å². The normalized spacial score (nSPS) is 11.6. The molecule has 0 radical (unpaired) electrons. The number of anilines is 1. The molecule has 1 aromatic heterocycles. The number of carbonyl (C=O) groups is 1. The Morgan fingerprint density at radius 3 is 2.59 bits per heavy atom. The van der Waals surface area contributed by atoms with Crippen LogP contribution in [0.25, 0.3) is 27.5 Å². The highest BCUT2D eigenvalue weighted by Gasteiger charge is 2.15. The van der Waals surface area contributed by atoms with Crippen molar-refractivity contribution in [2.24, 2.45) is 5.73 Å². The summed E-state index contributed by atoms with van der Waals surface area (Å²) in [7, 11) is 0. The predicted octanol–water partition coefficient (Wildman–Crippen LogP) is 4.15. The van der Waals surface area contributed by atoms with Gasteiger partial charge in [-0.15, -0.1) is 0 Å². The van der Waals surface area contributed by atoms with Gasteiger partial charge in [0.25, 0.3) is 0 Å². The molecule has 6 nitrogen and oxygen atoms in total. The number of nitrogen functional groups attached to an aromatic ring is 1. The molecule has 0 atom stereocenters. The lowest BCUT2D eigenvalue weighted by molar-refractivity contribution is -0.108. The van der Waals surface area contributed by atoms with Gasteiger partial charge in [0.1, 0.15) is 0 Å². The smallest absolute Gasteiger partial charge is 0.211 e. The first kappa shape index (κ1) is 21.3. The summed E-state index contributed by atoms with van der Waals surface area (Å²) in [5.41, 5.74) is 19.9. The van der Waals surface area contributed by atoms with E-state index in [-0.39, 0.29) is 0 Å². The molecule has 0 unspecified atom stereocenters. The standard InChI is InChI=1S/C26H27N5O/c1-17-24-11-19(21-13-30-31-14-21)6-9-23(24)20(3-2-10-27)12-25(17)26(15-29-16-32)18-4-7-22(28)8-5-18/h4-9,11-16H,2-3,10,27-28H2,1H3,(H,29,32)(H,30,31)/b26-15-. The molecular formula is C26H27N5O. The van der Waals surface area contributed by atoms with Crippen LogP contribution in [-0.2, 0) is 11.2 Å². The second-order valence-electron chi connectivity index (χ2n) is 7.81. The van der Waals surface area contributed by atoms with Crippen LogP contribution in [0.4, 0.5) is 5.69 Å². The zero-order valence-corrected chi connectivity index (χ0v) is 18.1. The SMILES string of the molecule is Cc1c(/C(=C\NC=O)c2ccc(N)cc2)cc(CCCN)c2ccc(-c3cn[nH]c3)cc12. The van der Waals surface area contributed by atoms with Gasteiger partial charge in [-0.2, -0.15) is 5.10 Å². The highest BCUT2D eigenvalue weighted by molar-refractivity contribution is 5.97. The number of amides is 1. The number of rotatable bonds is 8. The third-order valence-corrected chi connectivity index (χ3v) is 5.78. The Kier molecular flexibility index (Phi) is 6.33. The number of hydrogen-bond donors (Lipinski definition) is 4. The Morgan fingerprint density at radius 1 is 1.09 bits per heavy atom. The molecule has 6 heteroatoms. The van der Waals surface area contributed by atoms with Gasteiger partial charge < -0.3 is 16.8 Å². The number of hydrogen-bond acceptors (Lipinski definition) is 4. The lowest BCUT2D eigenvalue weighted by atomic mass is 9.87. The van der Waals surface area contributed by atoms with Gasteiger partial charge in [-0.1, -0.05) is 30.3 Å². The average molecular weight is 426 g/mol. The Bertz CT molecular complexity index is 1260. The van der Waals surface area contributed by atoms with E-state index in [1.165, 1.54) is 16.3 Å². The number of benzene rings is 3. The third-order valence-electron chi connectivity index (χ3n) is 5.78. The zero-order valence-electron chi connectivity index (χ0n) is 18.1. The minimum atomic E-state index is 0.630. The molecule has 32 heavy (non-hydrogen) atoms. The molecule has 0 fully saturated rings. The van der Waals surface area contributed by atoms with E-state index >= 15 is 0 Å². The summed E-state index contributed by atoms with van der Waals surface area (Å²) < 4.78 is 0. The summed E-state index contributed by atoms with van der Waals surface area (Å²) >= 11 is 0. The molecule has 162 valence electrons. The van der Waals surface area contributed by atoms with Gasteiger partial charge in [0.15, 0.2) is 0 Å². The summed E-state index contributed by atoms with van der Waals surface area (Å²) in [6, 6.07) is 16.4. The van der Waals surface area contributed by atoms with E-state index in [2.05, 4.69) is 46.7 Å². The van der Waals surface area contributed by atoms with Crippen molar-refractivity contribution >= 4 is 28.4 Å². The molecule has 0 saturated heterocycles. The second kappa shape index (κ2) is 9.49. The van der Waals surface area contributed by atoms with Crippen LogP contribution in [0.1, 0.15) is 28.7 Å². The zero-order chi connectivity index (χ0) is 22.5. The van der Waals surface area contributed by atoms with Gasteiger partial charge >= 0.3 is 0 Å². The van der Waals surface area contributed by atoms with Crippen LogP contribution in [0.15, 0.2) is 67.1 Å². The van der Waals surface area contributed by atoms with Crippen molar-refractivity contribution in [2.75, 3.05) is 12.3 Å². The number of nitrogens with two attached hydrogens (primary N) is 2. The largest absolute Gasteiger partial charge is 0.399 e. The van der Waals surface area contributed by atoms with E-state index in [0.29, 0.717) is 18.6 Å². The summed E-state index contributed by atoms with van der Waals surface area (Å²) in [6.07, 6.45) is 7.92. The van der Waals surface area contributed by atoms with Crippen molar-refractivity contribution < 1.29 is 4.79 Å². The van der Waals surface area contributed by atoms with Crippen molar-refractivity contribution in [1.29, 1.82) is 0 Å². The molecule has 4 aromatic rings. The van der Waals surface area contributed by atoms with Crippen LogP contribution in [0.5, 0.6) is 0 Å². The Hall–Kier alpha value is -3.90. The third kappa shape index (κ3) is 4.26. The Balaban J connectivity index is 1.96. The van der Waals surface area contributed by atoms with Gasteiger partial charge in [0.05, 0.1) is 6.20 Å². The number of aromatic amines is 1. The van der Waals surface area contributed by atoms with E-state index in [4.69, 9.17) is 11.5 Å². The fraction of sp³-hybridized carbons (Fsp3) is 0.154. The highest BCUT2D eigenvalue weighted by Crippen LogP contribution is 2.35. The Morgan fingerprint density at radius 2 is 1.91 bits per heavy atom. The van der Waals surface area contributed by atoms with Gasteiger partial charge in [-0.05, 0) is 83.1 Å². The number of carbonyl (C=O) groups excluding carboxylic acids is 1. The first-order valence-corrected chi connectivity index (χ1v) is 10.6. The van der Waals surface area contributed by atoms with Crippen LogP contribution in [0.3, 0.4) is 0 Å². The predicted molar refractivity (Wildman–Crippen MR) is 131 cm³/mol. The average Bonchev–Trinajstić information content (AvgIpc) is 3.35. The van der Waals surface area contributed by atoms with Gasteiger partial charge in [-0.3, -0.25) is 9.89 Å². The first-order valence-electron chi connectivity index (χ1n) is 10.6. The Labute approximate surface area is 187 Å². The van der Waals surface area contributed by atoms with Crippen LogP contribution in [0.2, 0.25) is 0 Å². The summed E-state index contributed by atoms with van der Waals surface area (Å²) in [5, 5.41) is 12.1. The van der Waals surface area contributed by atoms with Crippen molar-refractivity contribution in [3.05, 3.63) is 89.4 Å². The molecule has 0 saturated carbocycles. The highest BCUT2D eigenvalue weighted by atomic mass is 16.1. The van der Waals surface area contributed by atoms with Crippen LogP contribution in [0, 0.1) is 6.92 Å². The number of aryl methyl sites for hydroxylation is 2. The number of H-pyrrole nitrogens is 1. The van der Waals surface area contributed by atoms with Crippen LogP contribution in [-0.4, -0.2) is 23.2 Å². The minimum Gasteiger partial charge on any atom is -0.399 e. The summed E-state index contributed by atoms with van der Waals surface area (Å²) in [4.78, 5) is 11.1. The fourth-order valence-corrected chi connectivity index (χ4v) is 4.10. The molecule has 0 aliphatic heterocycles. The van der Waals surface area contributed by atoms with Crippen molar-refractivity contribution in [3.8, 4) is 11.1 Å². The molecule has 6 N–H and O–H groups in total. The topological polar surface area (TPSA) is 110 Å². The quantitative estimate of drug-likeness (QED) is 0.251. The monoisotopic (exact) mass is 425 g/mol. The molecular weight excluding hydrogens is 398 g/mol. The molecule has 1 amide bonds. The van der Waals surface area contributed by atoms with E-state index in [0.717, 1.165) is 46.2 Å².